The van der Waals surface area contributed by atoms with Gasteiger partial charge in [0.1, 0.15) is 0 Å². The summed E-state index contributed by atoms with van der Waals surface area (Å²) in [5.74, 6) is -0.117. The summed E-state index contributed by atoms with van der Waals surface area (Å²) >= 11 is 0. The van der Waals surface area contributed by atoms with E-state index in [1.54, 1.807) is 11.1 Å². The third-order valence-electron chi connectivity index (χ3n) is 4.90. The van der Waals surface area contributed by atoms with Crippen LogP contribution >= 0.6 is 0 Å². The van der Waals surface area contributed by atoms with Crippen molar-refractivity contribution < 1.29 is 18.0 Å². The van der Waals surface area contributed by atoms with Gasteiger partial charge in [-0.25, -0.2) is 13.2 Å². The standard InChI is InChI=1S/C20H24N4O4S/c1-15(19-5-3-4-10-21-19)22-20(26)23-11-13-24(14-12-23)29(27,28)18-8-6-17(7-9-18)16(2)25/h3-10,15H,11-14H2,1-2H3,(H,22,26). The number of nitrogens with one attached hydrogen (secondary N) is 1. The van der Waals surface area contributed by atoms with E-state index in [2.05, 4.69) is 10.3 Å². The van der Waals surface area contributed by atoms with Gasteiger partial charge in [0.15, 0.2) is 5.78 Å². The highest BCUT2D eigenvalue weighted by molar-refractivity contribution is 7.89. The molecule has 1 saturated heterocycles. The number of nitrogens with zero attached hydrogens (tertiary/aromatic N) is 3. The van der Waals surface area contributed by atoms with E-state index < -0.39 is 10.0 Å². The van der Waals surface area contributed by atoms with Crippen molar-refractivity contribution in [2.45, 2.75) is 24.8 Å². The van der Waals surface area contributed by atoms with Crippen molar-refractivity contribution in [3.8, 4) is 0 Å². The average molecular weight is 417 g/mol. The molecule has 2 heterocycles. The number of carbonyl (C=O) groups is 2. The Hall–Kier alpha value is -2.78. The Morgan fingerprint density at radius 2 is 1.69 bits per heavy atom. The van der Waals surface area contributed by atoms with Crippen LogP contribution in [0.3, 0.4) is 0 Å². The summed E-state index contributed by atoms with van der Waals surface area (Å²) < 4.78 is 27.0. The summed E-state index contributed by atoms with van der Waals surface area (Å²) in [5, 5.41) is 2.89. The predicted molar refractivity (Wildman–Crippen MR) is 108 cm³/mol. The molecule has 2 amide bonds. The number of hydrogen-bond acceptors (Lipinski definition) is 5. The number of amides is 2. The van der Waals surface area contributed by atoms with E-state index in [1.165, 1.54) is 35.5 Å². The van der Waals surface area contributed by atoms with Crippen molar-refractivity contribution >= 4 is 21.8 Å². The van der Waals surface area contributed by atoms with Gasteiger partial charge < -0.3 is 10.2 Å². The van der Waals surface area contributed by atoms with Crippen LogP contribution in [0.2, 0.25) is 0 Å². The minimum atomic E-state index is -3.67. The van der Waals surface area contributed by atoms with Crippen LogP contribution in [0.4, 0.5) is 4.79 Å². The van der Waals surface area contributed by atoms with Gasteiger partial charge in [0.2, 0.25) is 10.0 Å². The molecular formula is C20H24N4O4S. The molecule has 1 aromatic heterocycles. The van der Waals surface area contributed by atoms with Crippen LogP contribution in [-0.2, 0) is 10.0 Å². The molecule has 0 saturated carbocycles. The molecule has 3 rings (SSSR count). The van der Waals surface area contributed by atoms with Crippen molar-refractivity contribution in [1.82, 2.24) is 19.5 Å². The Labute approximate surface area is 170 Å². The van der Waals surface area contributed by atoms with Gasteiger partial charge in [0.25, 0.3) is 0 Å². The summed E-state index contributed by atoms with van der Waals surface area (Å²) in [7, 11) is -3.67. The van der Waals surface area contributed by atoms with Crippen LogP contribution in [-0.4, -0.2) is 60.6 Å². The molecule has 0 bridgehead atoms. The zero-order chi connectivity index (χ0) is 21.0. The molecule has 1 aliphatic heterocycles. The van der Waals surface area contributed by atoms with Crippen LogP contribution < -0.4 is 5.32 Å². The Morgan fingerprint density at radius 1 is 1.03 bits per heavy atom. The highest BCUT2D eigenvalue weighted by atomic mass is 32.2. The second-order valence-corrected chi connectivity index (χ2v) is 8.84. The third-order valence-corrected chi connectivity index (χ3v) is 6.81. The molecule has 0 radical (unpaired) electrons. The van der Waals surface area contributed by atoms with Crippen LogP contribution in [0.5, 0.6) is 0 Å². The lowest BCUT2D eigenvalue weighted by molar-refractivity contribution is 0.101. The highest BCUT2D eigenvalue weighted by Gasteiger charge is 2.30. The number of rotatable bonds is 5. The molecule has 9 heteroatoms. The Kier molecular flexibility index (Phi) is 6.29. The molecule has 1 aliphatic rings. The van der Waals surface area contributed by atoms with Crippen molar-refractivity contribution in [3.05, 3.63) is 59.9 Å². The van der Waals surface area contributed by atoms with Gasteiger partial charge in [0, 0.05) is 37.9 Å². The zero-order valence-electron chi connectivity index (χ0n) is 16.4. The topological polar surface area (TPSA) is 99.7 Å². The quantitative estimate of drug-likeness (QED) is 0.752. The summed E-state index contributed by atoms with van der Waals surface area (Å²) in [6.07, 6.45) is 1.67. The Balaban J connectivity index is 1.59. The first-order valence-electron chi connectivity index (χ1n) is 9.36. The fourth-order valence-corrected chi connectivity index (χ4v) is 4.55. The molecule has 29 heavy (non-hydrogen) atoms. The molecule has 1 unspecified atom stereocenters. The largest absolute Gasteiger partial charge is 0.330 e. The van der Waals surface area contributed by atoms with Gasteiger partial charge in [-0.15, -0.1) is 0 Å². The molecule has 1 aromatic carbocycles. The molecule has 2 aromatic rings. The van der Waals surface area contributed by atoms with E-state index in [9.17, 15) is 18.0 Å². The molecule has 0 spiro atoms. The molecular weight excluding hydrogens is 392 g/mol. The molecule has 1 atom stereocenters. The average Bonchev–Trinajstić information content (AvgIpc) is 2.74. The van der Waals surface area contributed by atoms with Crippen LogP contribution in [0, 0.1) is 0 Å². The minimum Gasteiger partial charge on any atom is -0.330 e. The number of urea groups is 1. The van der Waals surface area contributed by atoms with Gasteiger partial charge in [-0.2, -0.15) is 4.31 Å². The van der Waals surface area contributed by atoms with Crippen LogP contribution in [0.25, 0.3) is 0 Å². The number of sulfonamides is 1. The number of hydrogen-bond donors (Lipinski definition) is 1. The summed E-state index contributed by atoms with van der Waals surface area (Å²) in [6.45, 7) is 4.30. The number of carbonyl (C=O) groups excluding carboxylic acids is 2. The number of ketones is 1. The number of benzene rings is 1. The summed E-state index contributed by atoms with van der Waals surface area (Å²) in [5.41, 5.74) is 1.23. The molecule has 1 fully saturated rings. The molecule has 0 aliphatic carbocycles. The van der Waals surface area contributed by atoms with Crippen molar-refractivity contribution in [2.75, 3.05) is 26.2 Å². The van der Waals surface area contributed by atoms with Gasteiger partial charge >= 0.3 is 6.03 Å². The monoisotopic (exact) mass is 416 g/mol. The van der Waals surface area contributed by atoms with Gasteiger partial charge in [-0.3, -0.25) is 9.78 Å². The maximum atomic E-state index is 12.8. The second-order valence-electron chi connectivity index (χ2n) is 6.90. The first kappa shape index (κ1) is 20.9. The van der Waals surface area contributed by atoms with Gasteiger partial charge in [0.05, 0.1) is 16.6 Å². The van der Waals surface area contributed by atoms with E-state index in [0.29, 0.717) is 18.7 Å². The fourth-order valence-electron chi connectivity index (χ4n) is 3.12. The zero-order valence-corrected chi connectivity index (χ0v) is 17.2. The third kappa shape index (κ3) is 4.80. The highest BCUT2D eigenvalue weighted by Crippen LogP contribution is 2.19. The first-order valence-corrected chi connectivity index (χ1v) is 10.8. The first-order chi connectivity index (χ1) is 13.8. The number of Topliss-reactive ketones (excluding diaryl/α,β-unsaturated/α-hetero) is 1. The Bertz CT molecular complexity index is 969. The lowest BCUT2D eigenvalue weighted by Gasteiger charge is -2.34. The van der Waals surface area contributed by atoms with E-state index in [4.69, 9.17) is 0 Å². The maximum Gasteiger partial charge on any atom is 0.318 e. The Morgan fingerprint density at radius 3 is 2.24 bits per heavy atom. The van der Waals surface area contributed by atoms with Crippen LogP contribution in [0.15, 0.2) is 53.6 Å². The maximum absolute atomic E-state index is 12.8. The van der Waals surface area contributed by atoms with Crippen LogP contribution in [0.1, 0.15) is 35.9 Å². The lowest BCUT2D eigenvalue weighted by Crippen LogP contribution is -2.53. The summed E-state index contributed by atoms with van der Waals surface area (Å²) in [6, 6.07) is 10.9. The van der Waals surface area contributed by atoms with E-state index in [0.717, 1.165) is 5.69 Å². The normalized spacial score (nSPS) is 16.3. The molecule has 1 N–H and O–H groups in total. The lowest BCUT2D eigenvalue weighted by atomic mass is 10.2. The predicted octanol–water partition coefficient (Wildman–Crippen LogP) is 2.06. The van der Waals surface area contributed by atoms with Crippen molar-refractivity contribution in [1.29, 1.82) is 0 Å². The number of piperazine rings is 1. The number of aromatic nitrogens is 1. The SMILES string of the molecule is CC(=O)c1ccc(S(=O)(=O)N2CCN(C(=O)NC(C)c3ccccn3)CC2)cc1. The van der Waals surface area contributed by atoms with Gasteiger partial charge in [-0.05, 0) is 38.1 Å². The molecule has 154 valence electrons. The fraction of sp³-hybridized carbons (Fsp3) is 0.350. The minimum absolute atomic E-state index is 0.117. The number of pyridine rings is 1. The van der Waals surface area contributed by atoms with Crippen molar-refractivity contribution in [2.24, 2.45) is 0 Å². The van der Waals surface area contributed by atoms with E-state index in [1.807, 2.05) is 25.1 Å². The van der Waals surface area contributed by atoms with E-state index >= 15 is 0 Å². The molecule has 8 nitrogen and oxygen atoms in total. The smallest absolute Gasteiger partial charge is 0.318 e. The van der Waals surface area contributed by atoms with Gasteiger partial charge in [-0.1, -0.05) is 18.2 Å². The van der Waals surface area contributed by atoms with Crippen molar-refractivity contribution in [3.63, 3.8) is 0 Å². The summed E-state index contributed by atoms with van der Waals surface area (Å²) in [4.78, 5) is 29.8. The second kappa shape index (κ2) is 8.71. The van der Waals surface area contributed by atoms with E-state index in [-0.39, 0.29) is 35.8 Å².